The monoisotopic (exact) mass is 307 g/mol. The highest BCUT2D eigenvalue weighted by atomic mass is 16.3. The summed E-state index contributed by atoms with van der Waals surface area (Å²) < 4.78 is 0. The first kappa shape index (κ1) is 17.1. The Bertz CT molecular complexity index is 444. The maximum Gasteiger partial charge on any atom is 0.225 e. The lowest BCUT2D eigenvalue weighted by atomic mass is 9.97. The number of aliphatic hydroxyl groups excluding tert-OH is 1. The lowest BCUT2D eigenvalue weighted by molar-refractivity contribution is 0.163. The van der Waals surface area contributed by atoms with Crippen LogP contribution in [0.3, 0.4) is 0 Å². The van der Waals surface area contributed by atoms with E-state index in [9.17, 15) is 5.11 Å². The molecule has 1 fully saturated rings. The summed E-state index contributed by atoms with van der Waals surface area (Å²) in [7, 11) is 2.14. The quantitative estimate of drug-likeness (QED) is 0.779. The first-order valence-electron chi connectivity index (χ1n) is 8.16. The van der Waals surface area contributed by atoms with Crippen LogP contribution in [0.4, 0.5) is 5.95 Å². The van der Waals surface area contributed by atoms with Crippen molar-refractivity contribution < 1.29 is 5.11 Å². The average Bonchev–Trinajstić information content (AvgIpc) is 2.55. The van der Waals surface area contributed by atoms with Crippen LogP contribution in [0.2, 0.25) is 0 Å². The second-order valence-electron chi connectivity index (χ2n) is 6.50. The lowest BCUT2D eigenvalue weighted by Gasteiger charge is -2.32. The zero-order valence-corrected chi connectivity index (χ0v) is 14.0. The van der Waals surface area contributed by atoms with Gasteiger partial charge in [0.2, 0.25) is 5.95 Å². The topological polar surface area (TPSA) is 64.5 Å². The van der Waals surface area contributed by atoms with Gasteiger partial charge in [-0.2, -0.15) is 0 Å². The summed E-state index contributed by atoms with van der Waals surface area (Å²) in [5.74, 6) is 0.815. The van der Waals surface area contributed by atoms with Crippen LogP contribution in [0.15, 0.2) is 12.4 Å². The molecule has 0 aromatic carbocycles. The number of nitrogens with zero attached hydrogens (tertiary/aromatic N) is 4. The van der Waals surface area contributed by atoms with Gasteiger partial charge < -0.3 is 20.2 Å². The van der Waals surface area contributed by atoms with Crippen molar-refractivity contribution >= 4 is 5.95 Å². The van der Waals surface area contributed by atoms with Crippen LogP contribution < -0.4 is 10.2 Å². The molecule has 1 saturated heterocycles. The summed E-state index contributed by atoms with van der Waals surface area (Å²) in [5, 5.41) is 12.9. The van der Waals surface area contributed by atoms with E-state index in [1.807, 2.05) is 12.4 Å². The van der Waals surface area contributed by atoms with Crippen LogP contribution in [0.25, 0.3) is 0 Å². The Kier molecular flexibility index (Phi) is 6.11. The molecule has 1 atom stereocenters. The van der Waals surface area contributed by atoms with Crippen molar-refractivity contribution in [2.75, 3.05) is 44.7 Å². The fourth-order valence-corrected chi connectivity index (χ4v) is 2.70. The number of piperazine rings is 1. The van der Waals surface area contributed by atoms with E-state index in [4.69, 9.17) is 0 Å². The number of aliphatic hydroxyl groups is 1. The molecule has 2 rings (SSSR count). The van der Waals surface area contributed by atoms with E-state index in [0.29, 0.717) is 6.54 Å². The van der Waals surface area contributed by atoms with Gasteiger partial charge in [-0.1, -0.05) is 13.3 Å². The second kappa shape index (κ2) is 7.85. The molecule has 6 heteroatoms. The van der Waals surface area contributed by atoms with Crippen LogP contribution in [0.5, 0.6) is 0 Å². The Labute approximate surface area is 133 Å². The highest BCUT2D eigenvalue weighted by Crippen LogP contribution is 2.14. The number of likely N-dealkylation sites (N-methyl/N-ethyl adjacent to an activating group) is 1. The third kappa shape index (κ3) is 4.63. The van der Waals surface area contributed by atoms with Gasteiger partial charge in [0.25, 0.3) is 0 Å². The van der Waals surface area contributed by atoms with E-state index in [1.165, 1.54) is 0 Å². The molecule has 22 heavy (non-hydrogen) atoms. The number of rotatable bonds is 7. The minimum Gasteiger partial charge on any atom is -0.394 e. The van der Waals surface area contributed by atoms with Crippen molar-refractivity contribution in [3.63, 3.8) is 0 Å². The molecule has 2 heterocycles. The predicted octanol–water partition coefficient (Wildman–Crippen LogP) is 0.869. The number of hydrogen-bond donors (Lipinski definition) is 2. The van der Waals surface area contributed by atoms with Crippen molar-refractivity contribution in [1.82, 2.24) is 20.2 Å². The molecule has 1 aromatic rings. The summed E-state index contributed by atoms with van der Waals surface area (Å²) in [4.78, 5) is 13.5. The smallest absolute Gasteiger partial charge is 0.225 e. The average molecular weight is 307 g/mol. The molecule has 0 saturated carbocycles. The van der Waals surface area contributed by atoms with Gasteiger partial charge in [0.05, 0.1) is 6.61 Å². The summed E-state index contributed by atoms with van der Waals surface area (Å²) in [6.07, 6.45) is 5.77. The third-order valence-electron chi connectivity index (χ3n) is 4.35. The van der Waals surface area contributed by atoms with Gasteiger partial charge in [-0.25, -0.2) is 9.97 Å². The van der Waals surface area contributed by atoms with E-state index in [2.05, 4.69) is 46.0 Å². The number of nitrogens with one attached hydrogen (secondary N) is 1. The first-order chi connectivity index (χ1) is 10.6. The normalized spacial score (nSPS) is 19.2. The van der Waals surface area contributed by atoms with Gasteiger partial charge in [-0.15, -0.1) is 0 Å². The summed E-state index contributed by atoms with van der Waals surface area (Å²) in [5.41, 5.74) is 0.818. The van der Waals surface area contributed by atoms with Crippen LogP contribution in [0.1, 0.15) is 32.3 Å². The summed E-state index contributed by atoms with van der Waals surface area (Å²) in [6.45, 7) is 9.07. The van der Waals surface area contributed by atoms with Gasteiger partial charge in [-0.3, -0.25) is 0 Å². The van der Waals surface area contributed by atoms with Crippen LogP contribution in [-0.2, 0) is 6.54 Å². The molecule has 0 spiro atoms. The van der Waals surface area contributed by atoms with Gasteiger partial charge in [0.15, 0.2) is 0 Å². The fourth-order valence-electron chi connectivity index (χ4n) is 2.70. The largest absolute Gasteiger partial charge is 0.394 e. The maximum absolute atomic E-state index is 9.53. The van der Waals surface area contributed by atoms with Crippen molar-refractivity contribution in [2.24, 2.45) is 0 Å². The van der Waals surface area contributed by atoms with Crippen molar-refractivity contribution in [3.8, 4) is 0 Å². The van der Waals surface area contributed by atoms with E-state index in [-0.39, 0.29) is 12.1 Å². The summed E-state index contributed by atoms with van der Waals surface area (Å²) in [6, 6.07) is 0. The van der Waals surface area contributed by atoms with Crippen molar-refractivity contribution in [1.29, 1.82) is 0 Å². The second-order valence-corrected chi connectivity index (χ2v) is 6.50. The lowest BCUT2D eigenvalue weighted by Crippen LogP contribution is -2.45. The van der Waals surface area contributed by atoms with E-state index < -0.39 is 0 Å². The van der Waals surface area contributed by atoms with Crippen LogP contribution >= 0.6 is 0 Å². The Morgan fingerprint density at radius 2 is 1.86 bits per heavy atom. The van der Waals surface area contributed by atoms with E-state index in [0.717, 1.165) is 50.5 Å². The number of hydrogen-bond acceptors (Lipinski definition) is 6. The molecular formula is C16H29N5O. The van der Waals surface area contributed by atoms with Crippen molar-refractivity contribution in [2.45, 2.75) is 38.8 Å². The van der Waals surface area contributed by atoms with E-state index >= 15 is 0 Å². The van der Waals surface area contributed by atoms with Gasteiger partial charge >= 0.3 is 0 Å². The number of aromatic nitrogens is 2. The van der Waals surface area contributed by atoms with Gasteiger partial charge in [0, 0.05) is 56.2 Å². The van der Waals surface area contributed by atoms with Gasteiger partial charge in [0.1, 0.15) is 0 Å². The Morgan fingerprint density at radius 1 is 1.23 bits per heavy atom. The Balaban J connectivity index is 1.89. The maximum atomic E-state index is 9.53. The SMILES string of the molecule is CCCC(C)(CO)NCc1cnc(N2CCN(C)CC2)nc1. The van der Waals surface area contributed by atoms with Gasteiger partial charge in [-0.05, 0) is 20.4 Å². The van der Waals surface area contributed by atoms with Crippen molar-refractivity contribution in [3.05, 3.63) is 18.0 Å². The minimum absolute atomic E-state index is 0.140. The molecule has 0 bridgehead atoms. The highest BCUT2D eigenvalue weighted by Gasteiger charge is 2.21. The minimum atomic E-state index is -0.231. The molecule has 124 valence electrons. The molecular weight excluding hydrogens is 278 g/mol. The molecule has 0 amide bonds. The molecule has 1 unspecified atom stereocenters. The molecule has 2 N–H and O–H groups in total. The zero-order valence-electron chi connectivity index (χ0n) is 14.0. The van der Waals surface area contributed by atoms with E-state index in [1.54, 1.807) is 0 Å². The Morgan fingerprint density at radius 3 is 2.41 bits per heavy atom. The zero-order chi connectivity index (χ0) is 16.0. The molecule has 1 aromatic heterocycles. The standard InChI is InChI=1S/C16H29N5O/c1-4-5-16(2,13-22)19-12-14-10-17-15(18-11-14)21-8-6-20(3)7-9-21/h10-11,19,22H,4-9,12-13H2,1-3H3. The highest BCUT2D eigenvalue weighted by molar-refractivity contribution is 5.30. The molecule has 0 aliphatic carbocycles. The molecule has 1 aliphatic heterocycles. The molecule has 6 nitrogen and oxygen atoms in total. The Hall–Kier alpha value is -1.24. The molecule has 0 radical (unpaired) electrons. The summed E-state index contributed by atoms with van der Waals surface area (Å²) >= 11 is 0. The third-order valence-corrected chi connectivity index (χ3v) is 4.35. The molecule has 1 aliphatic rings. The predicted molar refractivity (Wildman–Crippen MR) is 89.0 cm³/mol. The first-order valence-corrected chi connectivity index (χ1v) is 8.16. The number of anilines is 1. The fraction of sp³-hybridized carbons (Fsp3) is 0.750. The van der Waals surface area contributed by atoms with Crippen LogP contribution in [0, 0.1) is 0 Å². The van der Waals surface area contributed by atoms with Crippen LogP contribution in [-0.4, -0.2) is 65.3 Å².